The van der Waals surface area contributed by atoms with Gasteiger partial charge in [0.15, 0.2) is 12.0 Å². The molecule has 12 nitrogen and oxygen atoms in total. The number of rotatable bonds is 8. The number of anilines is 1. The molecule has 0 spiro atoms. The maximum Gasteiger partial charge on any atom is 0.295 e. The number of fused-ring (bicyclic) bond motifs is 1. The van der Waals surface area contributed by atoms with Gasteiger partial charge in [-0.05, 0) is 32.3 Å². The topological polar surface area (TPSA) is 151 Å². The summed E-state index contributed by atoms with van der Waals surface area (Å²) >= 11 is 0. The maximum atomic E-state index is 13.5. The van der Waals surface area contributed by atoms with Crippen LogP contribution in [-0.4, -0.2) is 65.2 Å². The van der Waals surface area contributed by atoms with Gasteiger partial charge in [-0.15, -0.1) is 5.10 Å². The molecule has 0 bridgehead atoms. The van der Waals surface area contributed by atoms with E-state index in [1.807, 2.05) is 37.3 Å². The molecule has 0 radical (unpaired) electrons. The quantitative estimate of drug-likeness (QED) is 0.0955. The number of aliphatic imine (C=N–C) groups is 1. The van der Waals surface area contributed by atoms with E-state index in [1.54, 1.807) is 11.8 Å². The second-order valence-electron chi connectivity index (χ2n) is 9.76. The third-order valence-corrected chi connectivity index (χ3v) is 6.88. The molecule has 1 saturated heterocycles. The Kier molecular flexibility index (Phi) is 7.83. The van der Waals surface area contributed by atoms with Gasteiger partial charge in [0.25, 0.3) is 11.7 Å². The molecule has 5 rings (SSSR count). The van der Waals surface area contributed by atoms with Crippen LogP contribution in [0.15, 0.2) is 70.7 Å². The van der Waals surface area contributed by atoms with Crippen molar-refractivity contribution in [2.45, 2.75) is 32.9 Å². The number of carbonyl (C=O) groups is 2. The van der Waals surface area contributed by atoms with E-state index in [1.165, 1.54) is 30.9 Å². The normalized spacial score (nSPS) is 16.8. The summed E-state index contributed by atoms with van der Waals surface area (Å²) in [5.41, 5.74) is 7.15. The average molecular weight is 557 g/mol. The van der Waals surface area contributed by atoms with Gasteiger partial charge in [-0.1, -0.05) is 42.5 Å². The third-order valence-electron chi connectivity index (χ3n) is 6.88. The zero-order valence-corrected chi connectivity index (χ0v) is 23.2. The second kappa shape index (κ2) is 11.6. The first kappa shape index (κ1) is 27.6. The van der Waals surface area contributed by atoms with Crippen LogP contribution in [0.4, 0.5) is 5.82 Å². The molecule has 2 aromatic heterocycles. The molecule has 0 aliphatic carbocycles. The molecule has 1 unspecified atom stereocenters. The molecule has 3 aromatic rings. The van der Waals surface area contributed by atoms with E-state index in [4.69, 9.17) is 15.3 Å². The van der Waals surface area contributed by atoms with E-state index < -0.39 is 11.7 Å². The highest BCUT2D eigenvalue weighted by atomic mass is 16.5. The molecular formula is C29H32N8O4. The summed E-state index contributed by atoms with van der Waals surface area (Å²) in [5, 5.41) is 6.00. The van der Waals surface area contributed by atoms with Crippen LogP contribution < -0.4 is 21.0 Å². The molecule has 1 aromatic carbocycles. The summed E-state index contributed by atoms with van der Waals surface area (Å²) in [5.74, 6) is 6.06. The van der Waals surface area contributed by atoms with Crippen molar-refractivity contribution in [3.05, 3.63) is 71.7 Å². The summed E-state index contributed by atoms with van der Waals surface area (Å²) in [6, 6.07) is 9.91. The number of piperidine rings is 1. The number of hydrogen-bond acceptors (Lipinski definition) is 9. The molecule has 4 N–H and O–H groups in total. The molecular weight excluding hydrogens is 524 g/mol. The van der Waals surface area contributed by atoms with E-state index in [0.29, 0.717) is 60.0 Å². The minimum Gasteiger partial charge on any atom is -0.494 e. The number of H-pyrrole nitrogens is 1. The Labute approximate surface area is 237 Å². The number of likely N-dealkylation sites (tertiary alicyclic amines) is 1. The largest absolute Gasteiger partial charge is 0.494 e. The minimum absolute atomic E-state index is 0.177. The number of methoxy groups -OCH3 is 1. The van der Waals surface area contributed by atoms with Crippen molar-refractivity contribution in [2.75, 3.05) is 25.2 Å². The first-order valence-electron chi connectivity index (χ1n) is 13.2. The predicted molar refractivity (Wildman–Crippen MR) is 157 cm³/mol. The number of amides is 1. The number of hydrazone groups is 1. The van der Waals surface area contributed by atoms with Gasteiger partial charge in [-0.3, -0.25) is 15.0 Å². The van der Waals surface area contributed by atoms with Gasteiger partial charge in [0.1, 0.15) is 12.1 Å². The third kappa shape index (κ3) is 5.54. The Morgan fingerprint density at radius 1 is 1.27 bits per heavy atom. The number of aromatic amines is 1. The number of allylic oxidation sites excluding steroid dienone is 1. The van der Waals surface area contributed by atoms with E-state index in [9.17, 15) is 9.59 Å². The number of aromatic nitrogens is 2. The Morgan fingerprint density at radius 3 is 2.63 bits per heavy atom. The number of Topliss-reactive ketones (excluding diaryl/α,β-unsaturated/α-hetero) is 1. The molecule has 2 aliphatic rings. The first-order valence-corrected chi connectivity index (χ1v) is 13.2. The lowest BCUT2D eigenvalue weighted by Gasteiger charge is -2.29. The molecule has 1 fully saturated rings. The summed E-state index contributed by atoms with van der Waals surface area (Å²) in [4.78, 5) is 40.0. The van der Waals surface area contributed by atoms with Crippen LogP contribution in [0.5, 0.6) is 5.75 Å². The Hall–Kier alpha value is -4.97. The van der Waals surface area contributed by atoms with E-state index in [-0.39, 0.29) is 11.8 Å². The smallest absolute Gasteiger partial charge is 0.295 e. The van der Waals surface area contributed by atoms with Gasteiger partial charge in [0.05, 0.1) is 29.8 Å². The average Bonchev–Trinajstić information content (AvgIpc) is 3.62. The van der Waals surface area contributed by atoms with E-state index >= 15 is 0 Å². The highest BCUT2D eigenvalue weighted by molar-refractivity contribution is 6.45. The van der Waals surface area contributed by atoms with Gasteiger partial charge in [0, 0.05) is 30.6 Å². The number of hydrazine groups is 1. The summed E-state index contributed by atoms with van der Waals surface area (Å²) in [6.07, 6.45) is 5.23. The maximum absolute atomic E-state index is 13.5. The number of nitrogens with two attached hydrogens (primary N) is 1. The summed E-state index contributed by atoms with van der Waals surface area (Å²) < 4.78 is 11.4. The molecule has 4 heterocycles. The van der Waals surface area contributed by atoms with Gasteiger partial charge in [0.2, 0.25) is 5.90 Å². The molecule has 2 aliphatic heterocycles. The fourth-order valence-electron chi connectivity index (χ4n) is 4.91. The summed E-state index contributed by atoms with van der Waals surface area (Å²) in [6.45, 7) is 8.10. The molecule has 1 atom stereocenters. The van der Waals surface area contributed by atoms with Crippen molar-refractivity contribution in [2.24, 2.45) is 15.9 Å². The van der Waals surface area contributed by atoms with Crippen molar-refractivity contribution in [1.82, 2.24) is 20.3 Å². The Bertz CT molecular complexity index is 1580. The lowest BCUT2D eigenvalue weighted by molar-refractivity contribution is -0.126. The van der Waals surface area contributed by atoms with Crippen LogP contribution >= 0.6 is 0 Å². The number of carbonyl (C=O) groups excluding carboxylic acids is 2. The Morgan fingerprint density at radius 2 is 2.00 bits per heavy atom. The van der Waals surface area contributed by atoms with Crippen LogP contribution in [0.25, 0.3) is 16.5 Å². The zero-order chi connectivity index (χ0) is 29.1. The monoisotopic (exact) mass is 556 g/mol. The molecule has 0 saturated carbocycles. The first-order chi connectivity index (χ1) is 19.8. The van der Waals surface area contributed by atoms with Gasteiger partial charge in [-0.25, -0.2) is 20.8 Å². The standard InChI is InChI=1S/C29H32N8O4/c1-17(2)33-16-37(30)27-25-24(22(40-4)15-32-27)21(14-31-25)26(38)29(39)36-12-10-20(11-13-36)23(19-8-6-5-7-9-19)28-35-34-18(3)41-28/h5-9,14-16,18,31,34H,1,10-13,30H2,2-4H3. The van der Waals surface area contributed by atoms with Crippen LogP contribution in [0.2, 0.25) is 0 Å². The minimum atomic E-state index is -0.650. The number of pyridine rings is 1. The van der Waals surface area contributed by atoms with Gasteiger partial charge >= 0.3 is 0 Å². The molecule has 1 amide bonds. The van der Waals surface area contributed by atoms with Crippen molar-refractivity contribution in [1.29, 1.82) is 0 Å². The molecule has 12 heteroatoms. The summed E-state index contributed by atoms with van der Waals surface area (Å²) in [7, 11) is 1.47. The number of nitrogens with zero attached hydrogens (tertiary/aromatic N) is 5. The number of benzene rings is 1. The highest BCUT2D eigenvalue weighted by Gasteiger charge is 2.32. The van der Waals surface area contributed by atoms with Crippen LogP contribution in [0.1, 0.15) is 42.6 Å². The van der Waals surface area contributed by atoms with E-state index in [0.717, 1.165) is 16.7 Å². The number of nitrogens with one attached hydrogen (secondary N) is 2. The van der Waals surface area contributed by atoms with Crippen LogP contribution in [0, 0.1) is 0 Å². The predicted octanol–water partition coefficient (Wildman–Crippen LogP) is 3.35. The van der Waals surface area contributed by atoms with Crippen LogP contribution in [0.3, 0.4) is 0 Å². The van der Waals surface area contributed by atoms with Crippen molar-refractivity contribution >= 4 is 46.2 Å². The van der Waals surface area contributed by atoms with E-state index in [2.05, 4.69) is 32.1 Å². The lowest BCUT2D eigenvalue weighted by atomic mass is 9.92. The van der Waals surface area contributed by atoms with Gasteiger partial charge < -0.3 is 19.4 Å². The Balaban J connectivity index is 1.39. The van der Waals surface area contributed by atoms with Gasteiger partial charge in [-0.2, -0.15) is 0 Å². The SMILES string of the molecule is C=C(C)N=CN(N)c1ncc(OC)c2c(C(=O)C(=O)N3CCC(=C(C4=NNC(C)O4)c4ccccc4)CC3)c[nH]c12. The fraction of sp³-hybridized carbons (Fsp3) is 0.276. The number of ketones is 1. The number of hydrogen-bond donors (Lipinski definition) is 3. The lowest BCUT2D eigenvalue weighted by Crippen LogP contribution is -2.41. The van der Waals surface area contributed by atoms with Crippen LogP contribution in [-0.2, 0) is 9.53 Å². The highest BCUT2D eigenvalue weighted by Crippen LogP contribution is 2.34. The fourth-order valence-corrected chi connectivity index (χ4v) is 4.91. The molecule has 212 valence electrons. The second-order valence-corrected chi connectivity index (χ2v) is 9.76. The van der Waals surface area contributed by atoms with Crippen molar-refractivity contribution < 1.29 is 19.1 Å². The zero-order valence-electron chi connectivity index (χ0n) is 23.2. The number of ether oxygens (including phenoxy) is 2. The van der Waals surface area contributed by atoms with Crippen molar-refractivity contribution in [3.8, 4) is 5.75 Å². The molecule has 41 heavy (non-hydrogen) atoms. The van der Waals surface area contributed by atoms with Crippen molar-refractivity contribution in [3.63, 3.8) is 0 Å².